The molecule has 4 rings (SSSR count). The molecule has 6 N–H and O–H groups in total. The first kappa shape index (κ1) is 25.8. The van der Waals surface area contributed by atoms with Crippen LogP contribution < -0.4 is 22.1 Å². The first-order valence-corrected chi connectivity index (χ1v) is 12.4. The molecule has 0 spiro atoms. The van der Waals surface area contributed by atoms with E-state index >= 15 is 0 Å². The molecule has 0 bridgehead atoms. The van der Waals surface area contributed by atoms with Crippen LogP contribution >= 0.6 is 0 Å². The zero-order valence-corrected chi connectivity index (χ0v) is 20.5. The summed E-state index contributed by atoms with van der Waals surface area (Å²) in [4.78, 5) is 16.4. The molecule has 3 aromatic rings. The lowest BCUT2D eigenvalue weighted by atomic mass is 9.91. The Morgan fingerprint density at radius 2 is 1.97 bits per heavy atom. The van der Waals surface area contributed by atoms with Crippen molar-refractivity contribution < 1.29 is 18.7 Å². The van der Waals surface area contributed by atoms with Crippen LogP contribution in [-0.4, -0.2) is 59.2 Å². The predicted octanol–water partition coefficient (Wildman–Crippen LogP) is 3.15. The number of anilines is 3. The lowest BCUT2D eigenvalue weighted by molar-refractivity contribution is 0.0491. The highest BCUT2D eigenvalue weighted by Gasteiger charge is 2.24. The number of fused-ring (bicyclic) bond motifs is 1. The number of halogens is 1. The molecule has 2 aromatic heterocycles. The van der Waals surface area contributed by atoms with Crippen molar-refractivity contribution in [3.8, 4) is 0 Å². The van der Waals surface area contributed by atoms with Gasteiger partial charge in [-0.2, -0.15) is 5.10 Å². The monoisotopic (exact) mass is 499 g/mol. The molecule has 1 fully saturated rings. The van der Waals surface area contributed by atoms with Crippen LogP contribution in [-0.2, 0) is 16.0 Å². The van der Waals surface area contributed by atoms with Crippen molar-refractivity contribution in [1.82, 2.24) is 14.8 Å². The second-order valence-corrected chi connectivity index (χ2v) is 8.85. The Kier molecular flexibility index (Phi) is 8.68. The Bertz CT molecular complexity index is 1190. The SMILES string of the molecule is CCOCCOCCn1ncc2ccc(Nc3nc(NC4CCCC[C@@H]4N)c(F)cc3C(N)=O)cc21. The quantitative estimate of drug-likeness (QED) is 0.278. The van der Waals surface area contributed by atoms with Gasteiger partial charge in [-0.3, -0.25) is 9.48 Å². The fourth-order valence-electron chi connectivity index (χ4n) is 4.37. The summed E-state index contributed by atoms with van der Waals surface area (Å²) >= 11 is 0. The summed E-state index contributed by atoms with van der Waals surface area (Å²) in [7, 11) is 0. The van der Waals surface area contributed by atoms with Crippen molar-refractivity contribution in [3.05, 3.63) is 41.8 Å². The minimum atomic E-state index is -0.778. The third-order valence-corrected chi connectivity index (χ3v) is 6.31. The highest BCUT2D eigenvalue weighted by Crippen LogP contribution is 2.28. The van der Waals surface area contributed by atoms with Gasteiger partial charge in [0.2, 0.25) is 0 Å². The molecule has 0 aliphatic heterocycles. The first-order valence-electron chi connectivity index (χ1n) is 12.4. The van der Waals surface area contributed by atoms with Gasteiger partial charge in [-0.05, 0) is 44.0 Å². The highest BCUT2D eigenvalue weighted by atomic mass is 19.1. The number of ether oxygens (including phenoxy) is 2. The Labute approximate surface area is 209 Å². The summed E-state index contributed by atoms with van der Waals surface area (Å²) in [6, 6.07) is 6.57. The van der Waals surface area contributed by atoms with E-state index in [1.165, 1.54) is 0 Å². The van der Waals surface area contributed by atoms with E-state index in [4.69, 9.17) is 20.9 Å². The maximum Gasteiger partial charge on any atom is 0.252 e. The second-order valence-electron chi connectivity index (χ2n) is 8.85. The number of amides is 1. The van der Waals surface area contributed by atoms with Gasteiger partial charge in [0.15, 0.2) is 11.6 Å². The highest BCUT2D eigenvalue weighted by molar-refractivity contribution is 5.99. The number of pyridine rings is 1. The molecular formula is C25H34FN7O3. The number of carbonyl (C=O) groups is 1. The molecule has 194 valence electrons. The zero-order chi connectivity index (χ0) is 25.5. The fourth-order valence-corrected chi connectivity index (χ4v) is 4.37. The van der Waals surface area contributed by atoms with Crippen LogP contribution in [0.15, 0.2) is 30.5 Å². The van der Waals surface area contributed by atoms with Crippen LogP contribution in [0.5, 0.6) is 0 Å². The van der Waals surface area contributed by atoms with Crippen LogP contribution in [0.2, 0.25) is 0 Å². The van der Waals surface area contributed by atoms with E-state index in [2.05, 4.69) is 20.7 Å². The average molecular weight is 500 g/mol. The largest absolute Gasteiger partial charge is 0.379 e. The summed E-state index contributed by atoms with van der Waals surface area (Å²) in [5.41, 5.74) is 13.2. The molecule has 2 atom stereocenters. The van der Waals surface area contributed by atoms with Crippen LogP contribution in [0, 0.1) is 5.82 Å². The van der Waals surface area contributed by atoms with Gasteiger partial charge in [-0.25, -0.2) is 9.37 Å². The Hall–Kier alpha value is -3.28. The molecule has 1 unspecified atom stereocenters. The van der Waals surface area contributed by atoms with E-state index in [1.807, 2.05) is 29.8 Å². The summed E-state index contributed by atoms with van der Waals surface area (Å²) in [6.07, 6.45) is 5.55. The Morgan fingerprint density at radius 1 is 1.17 bits per heavy atom. The van der Waals surface area contributed by atoms with Gasteiger partial charge in [-0.15, -0.1) is 0 Å². The van der Waals surface area contributed by atoms with Gasteiger partial charge in [0, 0.05) is 29.8 Å². The number of aromatic nitrogens is 3. The van der Waals surface area contributed by atoms with Crippen molar-refractivity contribution >= 4 is 34.1 Å². The predicted molar refractivity (Wildman–Crippen MR) is 137 cm³/mol. The van der Waals surface area contributed by atoms with Gasteiger partial charge < -0.3 is 31.6 Å². The molecule has 0 saturated heterocycles. The number of primary amides is 1. The van der Waals surface area contributed by atoms with Crippen LogP contribution in [0.3, 0.4) is 0 Å². The number of nitrogens with zero attached hydrogens (tertiary/aromatic N) is 3. The number of nitrogens with one attached hydrogen (secondary N) is 2. The molecule has 1 aliphatic rings. The smallest absolute Gasteiger partial charge is 0.252 e. The zero-order valence-electron chi connectivity index (χ0n) is 20.5. The summed E-state index contributed by atoms with van der Waals surface area (Å²) in [5.74, 6) is -1.22. The van der Waals surface area contributed by atoms with E-state index in [-0.39, 0.29) is 29.3 Å². The third-order valence-electron chi connectivity index (χ3n) is 6.31. The normalized spacial score (nSPS) is 17.9. The Balaban J connectivity index is 1.53. The van der Waals surface area contributed by atoms with E-state index in [0.717, 1.165) is 42.7 Å². The van der Waals surface area contributed by atoms with Gasteiger partial charge in [0.05, 0.1) is 43.6 Å². The molecule has 36 heavy (non-hydrogen) atoms. The topological polar surface area (TPSA) is 142 Å². The standard InChI is InChI=1S/C25H34FN7O3/c1-2-35-11-12-36-10-9-33-22-13-17(8-7-16(22)15-29-33)30-24-18(23(28)34)14-19(26)25(32-24)31-21-6-4-3-5-20(21)27/h7-8,13-15,20-21H,2-6,9-12,27H2,1H3,(H2,28,34)(H2,30,31,32)/t20-,21?/m0/s1. The van der Waals surface area contributed by atoms with Crippen LogP contribution in [0.4, 0.5) is 21.7 Å². The van der Waals surface area contributed by atoms with Gasteiger partial charge >= 0.3 is 0 Å². The first-order chi connectivity index (χ1) is 17.5. The van der Waals surface area contributed by atoms with Gasteiger partial charge in [0.1, 0.15) is 5.82 Å². The summed E-state index contributed by atoms with van der Waals surface area (Å²) in [5, 5.41) is 11.6. The van der Waals surface area contributed by atoms with Crippen molar-refractivity contribution in [2.75, 3.05) is 37.1 Å². The maximum atomic E-state index is 14.8. The fraction of sp³-hybridized carbons (Fsp3) is 0.480. The van der Waals surface area contributed by atoms with E-state index < -0.39 is 11.7 Å². The third kappa shape index (κ3) is 6.28. The lowest BCUT2D eigenvalue weighted by Crippen LogP contribution is -2.43. The number of rotatable bonds is 12. The van der Waals surface area contributed by atoms with Crippen LogP contribution in [0.25, 0.3) is 10.9 Å². The van der Waals surface area contributed by atoms with Crippen molar-refractivity contribution in [3.63, 3.8) is 0 Å². The number of nitrogens with two attached hydrogens (primary N) is 2. The minimum absolute atomic E-state index is 0.0395. The molecule has 11 heteroatoms. The molecule has 1 aliphatic carbocycles. The summed E-state index contributed by atoms with van der Waals surface area (Å²) in [6.45, 7) is 4.74. The van der Waals surface area contributed by atoms with Gasteiger partial charge in [0.25, 0.3) is 5.91 Å². The maximum absolute atomic E-state index is 14.8. The van der Waals surface area contributed by atoms with Gasteiger partial charge in [-0.1, -0.05) is 12.8 Å². The lowest BCUT2D eigenvalue weighted by Gasteiger charge is -2.30. The summed E-state index contributed by atoms with van der Waals surface area (Å²) < 4.78 is 27.5. The number of carbonyl (C=O) groups excluding carboxylic acids is 1. The molecule has 1 amide bonds. The molecular weight excluding hydrogens is 465 g/mol. The molecule has 10 nitrogen and oxygen atoms in total. The minimum Gasteiger partial charge on any atom is -0.379 e. The van der Waals surface area contributed by atoms with E-state index in [0.29, 0.717) is 38.7 Å². The molecule has 1 aromatic carbocycles. The van der Waals surface area contributed by atoms with Crippen molar-refractivity contribution in [1.29, 1.82) is 0 Å². The number of hydrogen-bond donors (Lipinski definition) is 4. The number of hydrogen-bond acceptors (Lipinski definition) is 8. The van der Waals surface area contributed by atoms with E-state index in [9.17, 15) is 9.18 Å². The average Bonchev–Trinajstić information content (AvgIpc) is 3.26. The number of benzene rings is 1. The van der Waals surface area contributed by atoms with E-state index in [1.54, 1.807) is 6.20 Å². The molecule has 0 radical (unpaired) electrons. The molecule has 1 saturated carbocycles. The van der Waals surface area contributed by atoms with Crippen molar-refractivity contribution in [2.24, 2.45) is 11.5 Å². The second kappa shape index (κ2) is 12.1. The Morgan fingerprint density at radius 3 is 2.75 bits per heavy atom. The van der Waals surface area contributed by atoms with Crippen LogP contribution in [0.1, 0.15) is 43.0 Å². The van der Waals surface area contributed by atoms with Crippen molar-refractivity contribution in [2.45, 2.75) is 51.2 Å². The molecule has 2 heterocycles.